The van der Waals surface area contributed by atoms with Gasteiger partial charge in [0.2, 0.25) is 5.95 Å². The largest absolute Gasteiger partial charge is 0.324 e. The number of hydrazone groups is 2. The van der Waals surface area contributed by atoms with Crippen molar-refractivity contribution in [2.24, 2.45) is 10.2 Å². The molecule has 4 aromatic rings. The number of benzene rings is 1. The molecule has 1 aromatic carbocycles. The van der Waals surface area contributed by atoms with E-state index < -0.39 is 0 Å². The monoisotopic (exact) mass is 493 g/mol. The maximum Gasteiger partial charge on any atom is 0.231 e. The lowest BCUT2D eigenvalue weighted by atomic mass is 9.87. The van der Waals surface area contributed by atoms with Crippen LogP contribution in [0.2, 0.25) is 0 Å². The van der Waals surface area contributed by atoms with E-state index >= 15 is 0 Å². The van der Waals surface area contributed by atoms with Crippen LogP contribution >= 0.6 is 0 Å². The summed E-state index contributed by atoms with van der Waals surface area (Å²) in [6.45, 7) is 10.4. The van der Waals surface area contributed by atoms with Gasteiger partial charge in [0.25, 0.3) is 0 Å². The van der Waals surface area contributed by atoms with Crippen LogP contribution in [0.4, 0.5) is 23.3 Å². The van der Waals surface area contributed by atoms with Crippen molar-refractivity contribution >= 4 is 34.7 Å². The minimum atomic E-state index is 0.0209. The second kappa shape index (κ2) is 11.4. The van der Waals surface area contributed by atoms with Crippen LogP contribution in [0.5, 0.6) is 0 Å². The van der Waals surface area contributed by atoms with E-state index in [1.807, 2.05) is 50.2 Å². The van der Waals surface area contributed by atoms with Gasteiger partial charge >= 0.3 is 0 Å². The zero-order chi connectivity index (χ0) is 26.3. The van der Waals surface area contributed by atoms with Crippen molar-refractivity contribution in [2.75, 3.05) is 16.2 Å². The maximum absolute atomic E-state index is 4.62. The molecule has 0 aliphatic heterocycles. The van der Waals surface area contributed by atoms with Crippen LogP contribution in [0.3, 0.4) is 0 Å². The van der Waals surface area contributed by atoms with Crippen molar-refractivity contribution in [2.45, 2.75) is 40.0 Å². The van der Waals surface area contributed by atoms with E-state index in [9.17, 15) is 0 Å². The highest BCUT2D eigenvalue weighted by molar-refractivity contribution is 5.99. The number of nitrogens with one attached hydrogen (secondary N) is 3. The molecule has 0 saturated carbocycles. The van der Waals surface area contributed by atoms with Gasteiger partial charge in [0.05, 0.1) is 11.4 Å². The lowest BCUT2D eigenvalue weighted by Crippen LogP contribution is -2.11. The predicted molar refractivity (Wildman–Crippen MR) is 151 cm³/mol. The predicted octanol–water partition coefficient (Wildman–Crippen LogP) is 5.98. The van der Waals surface area contributed by atoms with E-state index in [1.165, 1.54) is 5.56 Å². The third kappa shape index (κ3) is 7.17. The molecule has 0 bridgehead atoms. The van der Waals surface area contributed by atoms with Crippen LogP contribution in [0.25, 0.3) is 0 Å². The van der Waals surface area contributed by atoms with Crippen molar-refractivity contribution < 1.29 is 0 Å². The van der Waals surface area contributed by atoms with Gasteiger partial charge in [-0.1, -0.05) is 32.9 Å². The molecular formula is C28H31N9. The summed E-state index contributed by atoms with van der Waals surface area (Å²) in [5.41, 5.74) is 11.7. The third-order valence-electron chi connectivity index (χ3n) is 5.58. The van der Waals surface area contributed by atoms with E-state index in [-0.39, 0.29) is 5.41 Å². The number of pyridine rings is 2. The molecule has 0 atom stereocenters. The summed E-state index contributed by atoms with van der Waals surface area (Å²) >= 11 is 0. The summed E-state index contributed by atoms with van der Waals surface area (Å²) in [5, 5.41) is 12.3. The SMILES string of the molecule is CC(=NNc1cc(NN=C(C)c2ccncc2)nc(Nc2cccc(C(C)(C)C)c2)n1)c1ccncc1. The second-order valence-electron chi connectivity index (χ2n) is 9.51. The quantitative estimate of drug-likeness (QED) is 0.204. The van der Waals surface area contributed by atoms with Crippen molar-refractivity contribution in [3.05, 3.63) is 96.1 Å². The number of anilines is 4. The summed E-state index contributed by atoms with van der Waals surface area (Å²) in [7, 11) is 0. The van der Waals surface area contributed by atoms with Crippen molar-refractivity contribution in [1.29, 1.82) is 0 Å². The van der Waals surface area contributed by atoms with Crippen LogP contribution in [0.1, 0.15) is 51.3 Å². The first-order valence-corrected chi connectivity index (χ1v) is 12.0. The number of aromatic nitrogens is 4. The number of hydrogen-bond acceptors (Lipinski definition) is 9. The molecule has 9 heteroatoms. The Hall–Kier alpha value is -4.66. The van der Waals surface area contributed by atoms with Crippen LogP contribution in [0.15, 0.2) is 89.6 Å². The normalized spacial score (nSPS) is 12.2. The maximum atomic E-state index is 4.62. The average molecular weight is 494 g/mol. The first-order chi connectivity index (χ1) is 17.8. The minimum absolute atomic E-state index is 0.0209. The summed E-state index contributed by atoms with van der Waals surface area (Å²) in [6.07, 6.45) is 6.94. The smallest absolute Gasteiger partial charge is 0.231 e. The Kier molecular flexibility index (Phi) is 7.83. The fraction of sp³-hybridized carbons (Fsp3) is 0.214. The molecule has 3 N–H and O–H groups in total. The Bertz CT molecular complexity index is 1320. The second-order valence-corrected chi connectivity index (χ2v) is 9.51. The molecule has 37 heavy (non-hydrogen) atoms. The molecular weight excluding hydrogens is 462 g/mol. The zero-order valence-electron chi connectivity index (χ0n) is 21.7. The topological polar surface area (TPSA) is 112 Å². The van der Waals surface area contributed by atoms with E-state index in [4.69, 9.17) is 0 Å². The van der Waals surface area contributed by atoms with Gasteiger partial charge in [-0.2, -0.15) is 20.2 Å². The average Bonchev–Trinajstić information content (AvgIpc) is 2.91. The van der Waals surface area contributed by atoms with Gasteiger partial charge in [0.15, 0.2) is 11.6 Å². The molecule has 0 aliphatic carbocycles. The molecule has 0 amide bonds. The first kappa shape index (κ1) is 25.4. The van der Waals surface area contributed by atoms with Gasteiger partial charge in [-0.15, -0.1) is 0 Å². The van der Waals surface area contributed by atoms with Gasteiger partial charge in [0.1, 0.15) is 0 Å². The Morgan fingerprint density at radius 2 is 1.22 bits per heavy atom. The minimum Gasteiger partial charge on any atom is -0.324 e. The van der Waals surface area contributed by atoms with Crippen molar-refractivity contribution in [3.8, 4) is 0 Å². The Balaban J connectivity index is 1.62. The van der Waals surface area contributed by atoms with Crippen LogP contribution in [-0.2, 0) is 5.41 Å². The van der Waals surface area contributed by atoms with Gasteiger partial charge in [0, 0.05) is 47.7 Å². The number of hydrogen-bond donors (Lipinski definition) is 3. The van der Waals surface area contributed by atoms with Gasteiger partial charge in [-0.3, -0.25) is 20.8 Å². The molecule has 0 aliphatic rings. The Morgan fingerprint density at radius 1 is 0.703 bits per heavy atom. The summed E-state index contributed by atoms with van der Waals surface area (Å²) < 4.78 is 0. The lowest BCUT2D eigenvalue weighted by Gasteiger charge is -2.20. The summed E-state index contributed by atoms with van der Waals surface area (Å²) in [5.74, 6) is 1.43. The number of nitrogens with zero attached hydrogens (tertiary/aromatic N) is 6. The Labute approximate surface area is 217 Å². The van der Waals surface area contributed by atoms with Crippen molar-refractivity contribution in [3.63, 3.8) is 0 Å². The molecule has 0 spiro atoms. The molecule has 0 unspecified atom stereocenters. The molecule has 0 saturated heterocycles. The highest BCUT2D eigenvalue weighted by Crippen LogP contribution is 2.26. The summed E-state index contributed by atoms with van der Waals surface area (Å²) in [6, 6.07) is 17.6. The molecule has 4 rings (SSSR count). The van der Waals surface area contributed by atoms with Crippen LogP contribution < -0.4 is 16.2 Å². The standard InChI is InChI=1S/C28H31N9/c1-19(21-9-13-29-14-10-21)34-36-25-18-26(37-35-20(2)22-11-15-30-16-12-22)33-27(32-25)31-24-8-6-7-23(17-24)28(3,4)5/h6-18H,1-5H3,(H3,31,32,33,36,37). The van der Waals surface area contributed by atoms with Crippen LogP contribution in [-0.4, -0.2) is 31.4 Å². The van der Waals surface area contributed by atoms with E-state index in [0.29, 0.717) is 17.6 Å². The van der Waals surface area contributed by atoms with Gasteiger partial charge < -0.3 is 5.32 Å². The molecule has 188 valence electrons. The fourth-order valence-corrected chi connectivity index (χ4v) is 3.41. The molecule has 0 radical (unpaired) electrons. The highest BCUT2D eigenvalue weighted by atomic mass is 15.4. The number of rotatable bonds is 8. The zero-order valence-corrected chi connectivity index (χ0v) is 21.7. The third-order valence-corrected chi connectivity index (χ3v) is 5.58. The van der Waals surface area contributed by atoms with Crippen molar-refractivity contribution in [1.82, 2.24) is 19.9 Å². The van der Waals surface area contributed by atoms with E-state index in [0.717, 1.165) is 28.2 Å². The van der Waals surface area contributed by atoms with Gasteiger partial charge in [-0.25, -0.2) is 0 Å². The highest BCUT2D eigenvalue weighted by Gasteiger charge is 2.14. The molecule has 3 heterocycles. The fourth-order valence-electron chi connectivity index (χ4n) is 3.41. The first-order valence-electron chi connectivity index (χ1n) is 12.0. The lowest BCUT2D eigenvalue weighted by molar-refractivity contribution is 0.590. The molecule has 9 nitrogen and oxygen atoms in total. The van der Waals surface area contributed by atoms with E-state index in [1.54, 1.807) is 30.9 Å². The summed E-state index contributed by atoms with van der Waals surface area (Å²) in [4.78, 5) is 17.4. The van der Waals surface area contributed by atoms with E-state index in [2.05, 4.69) is 79.2 Å². The Morgan fingerprint density at radius 3 is 1.70 bits per heavy atom. The molecule has 0 fully saturated rings. The van der Waals surface area contributed by atoms with Crippen LogP contribution in [0, 0.1) is 0 Å². The molecule has 3 aromatic heterocycles. The van der Waals surface area contributed by atoms with Gasteiger partial charge in [-0.05, 0) is 61.2 Å².